The van der Waals surface area contributed by atoms with Crippen molar-refractivity contribution in [2.45, 2.75) is 19.8 Å². The molecule has 0 aliphatic rings. The molecule has 0 aliphatic carbocycles. The van der Waals surface area contributed by atoms with Crippen LogP contribution in [0.3, 0.4) is 0 Å². The van der Waals surface area contributed by atoms with E-state index in [2.05, 4.69) is 0 Å². The van der Waals surface area contributed by atoms with Crippen LogP contribution >= 0.6 is 8.03 Å². The van der Waals surface area contributed by atoms with Gasteiger partial charge >= 0.3 is 31.1 Å². The zero-order valence-corrected chi connectivity index (χ0v) is 7.44. The molecule has 0 heterocycles. The minimum atomic E-state index is -1.86. The van der Waals surface area contributed by atoms with Gasteiger partial charge in [-0.15, -0.1) is 0 Å². The molecule has 0 radical (unpaired) electrons. The van der Waals surface area contributed by atoms with Crippen LogP contribution < -0.4 is 0 Å². The zero-order chi connectivity index (χ0) is 5.70. The second-order valence-electron chi connectivity index (χ2n) is 1.43. The van der Waals surface area contributed by atoms with Crippen molar-refractivity contribution in [3.05, 3.63) is 0 Å². The molecule has 0 rings (SSSR count). The molecule has 0 saturated carbocycles. The second-order valence-corrected chi connectivity index (χ2v) is 2.58. The third-order valence-electron chi connectivity index (χ3n) is 0.703. The van der Waals surface area contributed by atoms with E-state index in [1.165, 1.54) is 0 Å². The van der Waals surface area contributed by atoms with Crippen LogP contribution in [-0.4, -0.2) is 34.1 Å². The summed E-state index contributed by atoms with van der Waals surface area (Å²) in [7, 11) is -1.86. The Morgan fingerprint density at radius 1 is 1.75 bits per heavy atom. The smallest absolute Gasteiger partial charge is 1.00 e. The van der Waals surface area contributed by atoms with Gasteiger partial charge in [-0.2, -0.15) is 4.89 Å². The number of hydrogen-bond acceptors (Lipinski definition) is 1. The first-order chi connectivity index (χ1) is 3.27. The Morgan fingerprint density at radius 2 is 2.25 bits per heavy atom. The molecule has 0 aromatic carbocycles. The predicted octanol–water partition coefficient (Wildman–Crippen LogP) is 1.37. The Labute approximate surface area is 69.7 Å². The summed E-state index contributed by atoms with van der Waals surface area (Å²) >= 11 is 0. The molecule has 2 nitrogen and oxygen atoms in total. The van der Waals surface area contributed by atoms with Crippen LogP contribution in [0.5, 0.6) is 0 Å². The predicted molar refractivity (Wildman–Crippen MR) is 37.6 cm³/mol. The summed E-state index contributed by atoms with van der Waals surface area (Å²) in [4.78, 5) is 8.19. The normalized spacial score (nSPS) is 10.0. The van der Waals surface area contributed by atoms with Gasteiger partial charge in [0, 0.05) is 0 Å². The van der Waals surface area contributed by atoms with E-state index in [9.17, 15) is 4.57 Å². The Balaban J connectivity index is -0.0000000600. The third-order valence-corrected chi connectivity index (χ3v) is 1.40. The first-order valence-corrected chi connectivity index (χ1v) is 3.80. The minimum Gasteiger partial charge on any atom is -1.00 e. The van der Waals surface area contributed by atoms with Gasteiger partial charge in [-0.3, -0.25) is 0 Å². The Bertz CT molecular complexity index is 74.3. The van der Waals surface area contributed by atoms with Crippen LogP contribution in [-0.2, 0) is 4.57 Å². The van der Waals surface area contributed by atoms with Crippen molar-refractivity contribution in [2.24, 2.45) is 0 Å². The molecule has 8 heavy (non-hydrogen) atoms. The van der Waals surface area contributed by atoms with Crippen molar-refractivity contribution in [2.75, 3.05) is 6.16 Å². The van der Waals surface area contributed by atoms with E-state index in [4.69, 9.17) is 4.89 Å². The number of rotatable bonds is 3. The SMILES string of the molecule is CCCC[P+](=O)O.[H-].[H-].[Mg+2]. The van der Waals surface area contributed by atoms with E-state index in [1.54, 1.807) is 0 Å². The summed E-state index contributed by atoms with van der Waals surface area (Å²) in [6.45, 7) is 2.00. The number of hydrogen-bond donors (Lipinski definition) is 1. The maximum Gasteiger partial charge on any atom is 2.00 e. The first kappa shape index (κ1) is 11.6. The molecule has 4 heteroatoms. The van der Waals surface area contributed by atoms with Crippen LogP contribution in [0.2, 0.25) is 0 Å². The van der Waals surface area contributed by atoms with Gasteiger partial charge < -0.3 is 2.85 Å². The van der Waals surface area contributed by atoms with E-state index in [0.717, 1.165) is 12.8 Å². The summed E-state index contributed by atoms with van der Waals surface area (Å²) < 4.78 is 9.91. The number of unbranched alkanes of at least 4 members (excludes halogenated alkanes) is 1. The van der Waals surface area contributed by atoms with Gasteiger partial charge in [0.1, 0.15) is 0 Å². The van der Waals surface area contributed by atoms with E-state index in [0.29, 0.717) is 6.16 Å². The summed E-state index contributed by atoms with van der Waals surface area (Å²) in [6.07, 6.45) is 2.33. The van der Waals surface area contributed by atoms with Crippen molar-refractivity contribution in [3.63, 3.8) is 0 Å². The van der Waals surface area contributed by atoms with Gasteiger partial charge in [0.05, 0.1) is 0 Å². The molecular weight excluding hydrogens is 135 g/mol. The second kappa shape index (κ2) is 7.83. The van der Waals surface area contributed by atoms with Crippen molar-refractivity contribution in [3.8, 4) is 0 Å². The van der Waals surface area contributed by atoms with Gasteiger partial charge in [-0.25, -0.2) is 0 Å². The molecule has 1 N–H and O–H groups in total. The largest absolute Gasteiger partial charge is 2.00 e. The van der Waals surface area contributed by atoms with E-state index < -0.39 is 8.03 Å². The van der Waals surface area contributed by atoms with Gasteiger partial charge in [0.15, 0.2) is 6.16 Å². The maximum absolute atomic E-state index is 9.91. The quantitative estimate of drug-likeness (QED) is 0.483. The van der Waals surface area contributed by atoms with Gasteiger partial charge in [0.2, 0.25) is 0 Å². The maximum atomic E-state index is 9.91. The Morgan fingerprint density at radius 3 is 2.38 bits per heavy atom. The van der Waals surface area contributed by atoms with E-state index >= 15 is 0 Å². The zero-order valence-electron chi connectivity index (χ0n) is 7.13. The first-order valence-electron chi connectivity index (χ1n) is 2.41. The molecule has 46 valence electrons. The average Bonchev–Trinajstić information content (AvgIpc) is 1.61. The molecule has 0 spiro atoms. The summed E-state index contributed by atoms with van der Waals surface area (Å²) in [6, 6.07) is 0. The van der Waals surface area contributed by atoms with Gasteiger partial charge in [-0.05, 0) is 11.0 Å². The summed E-state index contributed by atoms with van der Waals surface area (Å²) in [5.74, 6) is 0. The third kappa shape index (κ3) is 9.95. The van der Waals surface area contributed by atoms with Crippen LogP contribution in [0.25, 0.3) is 0 Å². The summed E-state index contributed by atoms with van der Waals surface area (Å²) in [5, 5.41) is 0. The Kier molecular flexibility index (Phi) is 11.3. The molecule has 1 unspecified atom stereocenters. The molecule has 0 aromatic heterocycles. The van der Waals surface area contributed by atoms with Crippen LogP contribution in [0.15, 0.2) is 0 Å². The van der Waals surface area contributed by atoms with E-state index in [-0.39, 0.29) is 25.9 Å². The van der Waals surface area contributed by atoms with Crippen molar-refractivity contribution < 1.29 is 12.3 Å². The van der Waals surface area contributed by atoms with Crippen molar-refractivity contribution in [1.29, 1.82) is 0 Å². The Hall–Kier alpha value is 0.826. The summed E-state index contributed by atoms with van der Waals surface area (Å²) in [5.41, 5.74) is 0. The molecule has 0 amide bonds. The average molecular weight is 147 g/mol. The fraction of sp³-hybridized carbons (Fsp3) is 1.00. The molecule has 0 bridgehead atoms. The topological polar surface area (TPSA) is 37.3 Å². The molecular formula is C4H12MgO2P+. The molecule has 0 aromatic rings. The van der Waals surface area contributed by atoms with Crippen molar-refractivity contribution in [1.82, 2.24) is 0 Å². The van der Waals surface area contributed by atoms with Crippen molar-refractivity contribution >= 4 is 31.1 Å². The molecule has 0 fully saturated rings. The van der Waals surface area contributed by atoms with Crippen LogP contribution in [0.4, 0.5) is 0 Å². The minimum absolute atomic E-state index is 0. The fourth-order valence-corrected chi connectivity index (χ4v) is 0.880. The fourth-order valence-electron chi connectivity index (χ4n) is 0.293. The van der Waals surface area contributed by atoms with Gasteiger partial charge in [0.25, 0.3) is 0 Å². The van der Waals surface area contributed by atoms with E-state index in [1.807, 2.05) is 6.92 Å². The monoisotopic (exact) mass is 147 g/mol. The molecule has 1 atom stereocenters. The standard InChI is InChI=1S/C4H9O2P.Mg.2H/c1-2-3-4-7(5)6;;;/h2-4H2,1H3;;;/q;+2;2*-1/p+1. The van der Waals surface area contributed by atoms with Gasteiger partial charge in [-0.1, -0.05) is 13.3 Å². The molecule has 0 aliphatic heterocycles. The molecule has 0 saturated heterocycles. The van der Waals surface area contributed by atoms with Crippen LogP contribution in [0.1, 0.15) is 22.6 Å². The van der Waals surface area contributed by atoms with Crippen LogP contribution in [0, 0.1) is 0 Å².